The lowest BCUT2D eigenvalue weighted by Gasteiger charge is -2.38. The fourth-order valence-corrected chi connectivity index (χ4v) is 5.42. The maximum absolute atomic E-state index is 13.8. The summed E-state index contributed by atoms with van der Waals surface area (Å²) in [6.07, 6.45) is 3.43. The summed E-state index contributed by atoms with van der Waals surface area (Å²) < 4.78 is 20.6. The second-order valence-electron chi connectivity index (χ2n) is 8.53. The fraction of sp³-hybridized carbons (Fsp3) is 0.320. The van der Waals surface area contributed by atoms with E-state index in [9.17, 15) is 19.1 Å². The number of carbonyl (C=O) groups excluding carboxylic acids is 1. The summed E-state index contributed by atoms with van der Waals surface area (Å²) in [5, 5.41) is 10.2. The van der Waals surface area contributed by atoms with Crippen LogP contribution in [0.1, 0.15) is 17.3 Å². The number of hydrogen-bond donors (Lipinski definition) is 1. The summed E-state index contributed by atoms with van der Waals surface area (Å²) in [6, 6.07) is 12.6. The number of pyridine rings is 2. The third-order valence-corrected chi connectivity index (χ3v) is 6.89. The largest absolute Gasteiger partial charge is 0.469 e. The van der Waals surface area contributed by atoms with E-state index >= 15 is 0 Å². The molecular weight excluding hydrogens is 425 g/mol. The minimum absolute atomic E-state index is 0.201. The molecule has 7 nitrogen and oxygen atoms in total. The number of ether oxygens (including phenoxy) is 1. The summed E-state index contributed by atoms with van der Waals surface area (Å²) in [7, 11) is 1.34. The first-order chi connectivity index (χ1) is 16.0. The quantitative estimate of drug-likeness (QED) is 0.602. The van der Waals surface area contributed by atoms with Crippen LogP contribution in [0.25, 0.3) is 11.1 Å². The lowest BCUT2D eigenvalue weighted by atomic mass is 9.87. The number of aliphatic hydroxyl groups is 1. The van der Waals surface area contributed by atoms with Gasteiger partial charge in [0.05, 0.1) is 19.1 Å². The molecule has 0 aliphatic carbocycles. The van der Waals surface area contributed by atoms with Crippen LogP contribution in [0.5, 0.6) is 0 Å². The molecule has 0 saturated carbocycles. The third kappa shape index (κ3) is 3.55. The predicted molar refractivity (Wildman–Crippen MR) is 118 cm³/mol. The topological polar surface area (TPSA) is 84.7 Å². The van der Waals surface area contributed by atoms with Crippen molar-refractivity contribution in [2.24, 2.45) is 11.8 Å². The zero-order chi connectivity index (χ0) is 23.1. The smallest absolute Gasteiger partial charge is 0.311 e. The molecule has 2 aliphatic heterocycles. The Bertz CT molecular complexity index is 1250. The van der Waals surface area contributed by atoms with Crippen LogP contribution in [0, 0.1) is 17.7 Å². The van der Waals surface area contributed by atoms with Gasteiger partial charge in [-0.05, 0) is 47.5 Å². The van der Waals surface area contributed by atoms with Crippen molar-refractivity contribution in [3.8, 4) is 11.1 Å². The van der Waals surface area contributed by atoms with Crippen molar-refractivity contribution in [3.05, 3.63) is 88.4 Å². The van der Waals surface area contributed by atoms with Crippen LogP contribution < -0.4 is 5.56 Å². The second kappa shape index (κ2) is 8.53. The van der Waals surface area contributed by atoms with E-state index in [1.807, 2.05) is 18.2 Å². The predicted octanol–water partition coefficient (Wildman–Crippen LogP) is 2.39. The monoisotopic (exact) mass is 449 g/mol. The number of aliphatic hydroxyl groups excluding tert-OH is 1. The van der Waals surface area contributed by atoms with Gasteiger partial charge in [-0.1, -0.05) is 12.1 Å². The van der Waals surface area contributed by atoms with Crippen LogP contribution in [-0.2, 0) is 22.6 Å². The average molecular weight is 449 g/mol. The molecule has 0 spiro atoms. The molecule has 2 aromatic heterocycles. The molecule has 0 radical (unpaired) electrons. The van der Waals surface area contributed by atoms with Crippen LogP contribution in [-0.4, -0.2) is 45.3 Å². The maximum Gasteiger partial charge on any atom is 0.311 e. The fourth-order valence-electron chi connectivity index (χ4n) is 5.42. The second-order valence-corrected chi connectivity index (χ2v) is 8.53. The van der Waals surface area contributed by atoms with Gasteiger partial charge in [-0.25, -0.2) is 4.39 Å². The maximum atomic E-state index is 13.8. The van der Waals surface area contributed by atoms with Gasteiger partial charge in [0.2, 0.25) is 0 Å². The molecule has 1 saturated heterocycles. The molecule has 2 aliphatic rings. The Hall–Kier alpha value is -3.36. The lowest BCUT2D eigenvalue weighted by molar-refractivity contribution is -0.148. The molecule has 2 bridgehead atoms. The van der Waals surface area contributed by atoms with E-state index in [1.165, 1.54) is 19.2 Å². The molecule has 4 atom stereocenters. The highest BCUT2D eigenvalue weighted by Gasteiger charge is 2.56. The van der Waals surface area contributed by atoms with Gasteiger partial charge in [-0.3, -0.25) is 19.5 Å². The zero-order valence-corrected chi connectivity index (χ0v) is 18.1. The van der Waals surface area contributed by atoms with Gasteiger partial charge in [0, 0.05) is 55.3 Å². The van der Waals surface area contributed by atoms with Crippen LogP contribution >= 0.6 is 0 Å². The van der Waals surface area contributed by atoms with E-state index in [2.05, 4.69) is 9.88 Å². The van der Waals surface area contributed by atoms with Crippen LogP contribution in [0.3, 0.4) is 0 Å². The third-order valence-electron chi connectivity index (χ3n) is 6.89. The molecule has 1 fully saturated rings. The first kappa shape index (κ1) is 21.5. The van der Waals surface area contributed by atoms with E-state index < -0.39 is 23.7 Å². The van der Waals surface area contributed by atoms with Crippen LogP contribution in [0.4, 0.5) is 4.39 Å². The Balaban J connectivity index is 1.64. The number of esters is 1. The highest BCUT2D eigenvalue weighted by Crippen LogP contribution is 2.49. The summed E-state index contributed by atoms with van der Waals surface area (Å²) in [6.45, 7) is 0.659. The number of halogens is 1. The molecule has 33 heavy (non-hydrogen) atoms. The normalized spacial score (nSPS) is 23.8. The van der Waals surface area contributed by atoms with Gasteiger partial charge >= 0.3 is 5.97 Å². The van der Waals surface area contributed by atoms with Crippen molar-refractivity contribution >= 4 is 5.97 Å². The van der Waals surface area contributed by atoms with Crippen LogP contribution in [0.15, 0.2) is 65.7 Å². The lowest BCUT2D eigenvalue weighted by Crippen LogP contribution is -2.46. The minimum atomic E-state index is -0.611. The number of hydrogen-bond acceptors (Lipinski definition) is 6. The zero-order valence-electron chi connectivity index (χ0n) is 18.1. The van der Waals surface area contributed by atoms with E-state index in [4.69, 9.17) is 4.74 Å². The van der Waals surface area contributed by atoms with Crippen molar-refractivity contribution in [3.63, 3.8) is 0 Å². The van der Waals surface area contributed by atoms with Crippen molar-refractivity contribution < 1.29 is 19.0 Å². The first-order valence-electron chi connectivity index (χ1n) is 10.9. The SMILES string of the molecule is COC(=O)[C@H]1[C@H](CO)[C@H]2Cn3c(ccc(-c4cccc(F)c4)c3=O)[C@@H]1N2Cc1ccncc1. The van der Waals surface area contributed by atoms with Gasteiger partial charge in [0.25, 0.3) is 5.56 Å². The number of benzene rings is 1. The van der Waals surface area contributed by atoms with Crippen molar-refractivity contribution in [2.75, 3.05) is 13.7 Å². The molecule has 1 aromatic carbocycles. The Morgan fingerprint density at radius 3 is 2.70 bits per heavy atom. The molecule has 1 N–H and O–H groups in total. The summed E-state index contributed by atoms with van der Waals surface area (Å²) >= 11 is 0. The van der Waals surface area contributed by atoms with Crippen molar-refractivity contribution in [1.82, 2.24) is 14.5 Å². The van der Waals surface area contributed by atoms with E-state index in [0.29, 0.717) is 29.9 Å². The molecule has 0 unspecified atom stereocenters. The number of fused-ring (bicyclic) bond motifs is 4. The first-order valence-corrected chi connectivity index (χ1v) is 10.9. The molecule has 3 aromatic rings. The standard InChI is InChI=1S/C25H24FN3O4/c1-33-25(32)22-19(14-30)21-13-29-20(23(22)28(21)12-15-7-9-27-10-8-15)6-5-18(24(29)31)16-3-2-4-17(26)11-16/h2-11,19,21-23,30H,12-14H2,1H3/t19-,21-,22+,23+/m1/s1. The Kier molecular flexibility index (Phi) is 5.55. The minimum Gasteiger partial charge on any atom is -0.469 e. The Morgan fingerprint density at radius 1 is 1.21 bits per heavy atom. The van der Waals surface area contributed by atoms with E-state index in [0.717, 1.165) is 5.56 Å². The Morgan fingerprint density at radius 2 is 2.00 bits per heavy atom. The highest BCUT2D eigenvalue weighted by molar-refractivity contribution is 5.75. The van der Waals surface area contributed by atoms with E-state index in [1.54, 1.807) is 35.2 Å². The number of nitrogens with zero attached hydrogens (tertiary/aromatic N) is 3. The van der Waals surface area contributed by atoms with Gasteiger partial charge in [0.15, 0.2) is 0 Å². The molecule has 4 heterocycles. The Labute approximate surface area is 190 Å². The number of carbonyl (C=O) groups is 1. The number of rotatable bonds is 5. The van der Waals surface area contributed by atoms with Gasteiger partial charge in [-0.2, -0.15) is 0 Å². The van der Waals surface area contributed by atoms with Gasteiger partial charge in [0.1, 0.15) is 5.82 Å². The number of aromatic nitrogens is 2. The molecule has 0 amide bonds. The highest BCUT2D eigenvalue weighted by atomic mass is 19.1. The van der Waals surface area contributed by atoms with Gasteiger partial charge < -0.3 is 14.4 Å². The molecular formula is C25H24FN3O4. The molecule has 5 rings (SSSR count). The number of methoxy groups -OCH3 is 1. The summed E-state index contributed by atoms with van der Waals surface area (Å²) in [5.41, 5.74) is 2.38. The van der Waals surface area contributed by atoms with Crippen LogP contribution in [0.2, 0.25) is 0 Å². The molecule has 8 heteroatoms. The molecule has 170 valence electrons. The average Bonchev–Trinajstić information content (AvgIpc) is 3.03. The summed E-state index contributed by atoms with van der Waals surface area (Å²) in [4.78, 5) is 32.6. The van der Waals surface area contributed by atoms with Crippen molar-refractivity contribution in [1.29, 1.82) is 0 Å². The van der Waals surface area contributed by atoms with E-state index in [-0.39, 0.29) is 24.1 Å². The van der Waals surface area contributed by atoms with Crippen molar-refractivity contribution in [2.45, 2.75) is 25.2 Å². The van der Waals surface area contributed by atoms with Gasteiger partial charge in [-0.15, -0.1) is 0 Å². The summed E-state index contributed by atoms with van der Waals surface area (Å²) in [5.74, 6) is -1.82.